The molecule has 0 fully saturated rings. The van der Waals surface area contributed by atoms with E-state index in [1.807, 2.05) is 6.92 Å². The van der Waals surface area contributed by atoms with Gasteiger partial charge >= 0.3 is 12.0 Å². The molecule has 0 aliphatic heterocycles. The number of carbonyl (C=O) groups excluding carboxylic acids is 2. The van der Waals surface area contributed by atoms with Crippen LogP contribution in [-0.2, 0) is 9.59 Å². The van der Waals surface area contributed by atoms with Gasteiger partial charge in [-0.2, -0.15) is 0 Å². The molecule has 0 aliphatic rings. The number of hydrogen-bond acceptors (Lipinski definition) is 4. The van der Waals surface area contributed by atoms with Crippen molar-refractivity contribution in [1.82, 2.24) is 15.5 Å². The lowest BCUT2D eigenvalue weighted by molar-refractivity contribution is -0.142. The van der Waals surface area contributed by atoms with Gasteiger partial charge in [0.25, 0.3) is 0 Å². The fraction of sp³-hybridized carbons (Fsp3) is 0.700. The minimum Gasteiger partial charge on any atom is -0.480 e. The van der Waals surface area contributed by atoms with E-state index in [9.17, 15) is 14.4 Å². The van der Waals surface area contributed by atoms with Gasteiger partial charge < -0.3 is 10.4 Å². The lowest BCUT2D eigenvalue weighted by Gasteiger charge is -2.19. The summed E-state index contributed by atoms with van der Waals surface area (Å²) in [6.07, 6.45) is 0.775. The van der Waals surface area contributed by atoms with Crippen LogP contribution in [0.5, 0.6) is 0 Å². The average Bonchev–Trinajstić information content (AvgIpc) is 2.24. The first-order chi connectivity index (χ1) is 7.88. The Bertz CT molecular complexity index is 293. The maximum atomic E-state index is 11.3. The number of likely N-dealkylation sites (N-methyl/N-ethyl adjacent to an activating group) is 1. The molecule has 1 atom stereocenters. The highest BCUT2D eigenvalue weighted by Crippen LogP contribution is 1.94. The molecule has 0 aromatic carbocycles. The van der Waals surface area contributed by atoms with Crippen molar-refractivity contribution in [2.45, 2.75) is 26.3 Å². The smallest absolute Gasteiger partial charge is 0.321 e. The molecule has 7 nitrogen and oxygen atoms in total. The summed E-state index contributed by atoms with van der Waals surface area (Å²) in [6, 6.07) is -1.34. The van der Waals surface area contributed by atoms with Crippen molar-refractivity contribution in [2.75, 3.05) is 20.1 Å². The number of imide groups is 1. The van der Waals surface area contributed by atoms with Gasteiger partial charge in [-0.15, -0.1) is 0 Å². The molecule has 0 saturated carbocycles. The highest BCUT2D eigenvalue weighted by Gasteiger charge is 2.19. The minimum atomic E-state index is -1.02. The van der Waals surface area contributed by atoms with Crippen LogP contribution in [0.3, 0.4) is 0 Å². The quantitative estimate of drug-likeness (QED) is 0.593. The van der Waals surface area contributed by atoms with E-state index in [0.29, 0.717) is 6.54 Å². The van der Waals surface area contributed by atoms with Crippen molar-refractivity contribution in [3.05, 3.63) is 0 Å². The standard InChI is InChI=1S/C10H19N3O4/c1-4-5-11-10(17)12-8(14)6-13(3)7(2)9(15)16/h7H,4-6H2,1-3H3,(H,15,16)(H2,11,12,14,17). The van der Waals surface area contributed by atoms with E-state index in [1.54, 1.807) is 0 Å². The Hall–Kier alpha value is -1.63. The van der Waals surface area contributed by atoms with Gasteiger partial charge in [-0.25, -0.2) is 4.79 Å². The molecule has 0 heterocycles. The lowest BCUT2D eigenvalue weighted by atomic mass is 10.3. The molecule has 7 heteroatoms. The molecule has 98 valence electrons. The van der Waals surface area contributed by atoms with Gasteiger partial charge in [-0.1, -0.05) is 6.92 Å². The molecular formula is C10H19N3O4. The Kier molecular flexibility index (Phi) is 6.88. The van der Waals surface area contributed by atoms with Crippen molar-refractivity contribution < 1.29 is 19.5 Å². The first-order valence-corrected chi connectivity index (χ1v) is 5.39. The SMILES string of the molecule is CCCNC(=O)NC(=O)CN(C)C(C)C(=O)O. The Labute approximate surface area is 100 Å². The molecule has 0 aromatic heterocycles. The summed E-state index contributed by atoms with van der Waals surface area (Å²) in [4.78, 5) is 34.4. The Balaban J connectivity index is 4.01. The van der Waals surface area contributed by atoms with Crippen molar-refractivity contribution in [2.24, 2.45) is 0 Å². The van der Waals surface area contributed by atoms with E-state index in [2.05, 4.69) is 10.6 Å². The van der Waals surface area contributed by atoms with E-state index in [4.69, 9.17) is 5.11 Å². The highest BCUT2D eigenvalue weighted by molar-refractivity contribution is 5.95. The van der Waals surface area contributed by atoms with Crippen LogP contribution in [0, 0.1) is 0 Å². The number of hydrogen-bond donors (Lipinski definition) is 3. The first-order valence-electron chi connectivity index (χ1n) is 5.39. The summed E-state index contributed by atoms with van der Waals surface area (Å²) in [6.45, 7) is 3.70. The minimum absolute atomic E-state index is 0.146. The normalized spacial score (nSPS) is 12.0. The second-order valence-corrected chi connectivity index (χ2v) is 3.73. The van der Waals surface area contributed by atoms with E-state index >= 15 is 0 Å². The number of nitrogens with one attached hydrogen (secondary N) is 2. The molecular weight excluding hydrogens is 226 g/mol. The molecule has 0 aromatic rings. The van der Waals surface area contributed by atoms with Crippen molar-refractivity contribution in [1.29, 1.82) is 0 Å². The summed E-state index contributed by atoms with van der Waals surface area (Å²) < 4.78 is 0. The van der Waals surface area contributed by atoms with Gasteiger partial charge in [-0.05, 0) is 20.4 Å². The summed E-state index contributed by atoms with van der Waals surface area (Å²) in [7, 11) is 1.50. The van der Waals surface area contributed by atoms with Crippen LogP contribution in [-0.4, -0.2) is 54.1 Å². The molecule has 3 N–H and O–H groups in total. The van der Waals surface area contributed by atoms with Crippen LogP contribution in [0.25, 0.3) is 0 Å². The molecule has 0 bridgehead atoms. The lowest BCUT2D eigenvalue weighted by Crippen LogP contribution is -2.47. The third-order valence-electron chi connectivity index (χ3n) is 2.20. The van der Waals surface area contributed by atoms with Crippen LogP contribution in [0.15, 0.2) is 0 Å². The zero-order chi connectivity index (χ0) is 13.4. The average molecular weight is 245 g/mol. The maximum Gasteiger partial charge on any atom is 0.321 e. The third-order valence-corrected chi connectivity index (χ3v) is 2.20. The first kappa shape index (κ1) is 15.4. The number of aliphatic carboxylic acids is 1. The molecule has 1 unspecified atom stereocenters. The molecule has 0 aliphatic carbocycles. The van der Waals surface area contributed by atoms with E-state index in [1.165, 1.54) is 18.9 Å². The Morgan fingerprint density at radius 1 is 1.35 bits per heavy atom. The number of nitrogens with zero attached hydrogens (tertiary/aromatic N) is 1. The Morgan fingerprint density at radius 2 is 1.94 bits per heavy atom. The van der Waals surface area contributed by atoms with Crippen LogP contribution in [0.1, 0.15) is 20.3 Å². The molecule has 3 amide bonds. The summed E-state index contributed by atoms with van der Waals surface area (Å²) in [5, 5.41) is 13.3. The van der Waals surface area contributed by atoms with Gasteiger partial charge in [0.05, 0.1) is 6.54 Å². The maximum absolute atomic E-state index is 11.3. The molecule has 17 heavy (non-hydrogen) atoms. The molecule has 0 rings (SSSR count). The van der Waals surface area contributed by atoms with Gasteiger partial charge in [0.15, 0.2) is 0 Å². The number of rotatable bonds is 6. The fourth-order valence-electron chi connectivity index (χ4n) is 1.00. The summed E-state index contributed by atoms with van der Waals surface area (Å²) >= 11 is 0. The van der Waals surface area contributed by atoms with E-state index < -0.39 is 23.9 Å². The Morgan fingerprint density at radius 3 is 2.41 bits per heavy atom. The predicted molar refractivity (Wildman–Crippen MR) is 61.6 cm³/mol. The molecule has 0 spiro atoms. The van der Waals surface area contributed by atoms with E-state index in [0.717, 1.165) is 6.42 Å². The van der Waals surface area contributed by atoms with Crippen LogP contribution < -0.4 is 10.6 Å². The zero-order valence-electron chi connectivity index (χ0n) is 10.3. The third kappa shape index (κ3) is 6.52. The summed E-state index contributed by atoms with van der Waals surface area (Å²) in [5.41, 5.74) is 0. The largest absolute Gasteiger partial charge is 0.480 e. The van der Waals surface area contributed by atoms with Gasteiger partial charge in [0.2, 0.25) is 5.91 Å². The predicted octanol–water partition coefficient (Wildman–Crippen LogP) is -0.373. The van der Waals surface area contributed by atoms with Crippen LogP contribution in [0.4, 0.5) is 4.79 Å². The number of carbonyl (C=O) groups is 3. The van der Waals surface area contributed by atoms with Gasteiger partial charge in [-0.3, -0.25) is 19.8 Å². The van der Waals surface area contributed by atoms with Crippen molar-refractivity contribution in [3.8, 4) is 0 Å². The molecule has 0 radical (unpaired) electrons. The fourth-order valence-corrected chi connectivity index (χ4v) is 1.00. The molecule has 0 saturated heterocycles. The highest BCUT2D eigenvalue weighted by atomic mass is 16.4. The number of amides is 3. The number of carboxylic acid groups (broad SMARTS) is 1. The van der Waals surface area contributed by atoms with Gasteiger partial charge in [0, 0.05) is 6.54 Å². The van der Waals surface area contributed by atoms with Crippen molar-refractivity contribution >= 4 is 17.9 Å². The topological polar surface area (TPSA) is 98.7 Å². The number of carboxylic acids is 1. The summed E-state index contributed by atoms with van der Waals surface area (Å²) in [5.74, 6) is -1.55. The second-order valence-electron chi connectivity index (χ2n) is 3.73. The van der Waals surface area contributed by atoms with E-state index in [-0.39, 0.29) is 6.54 Å². The van der Waals surface area contributed by atoms with Crippen LogP contribution in [0.2, 0.25) is 0 Å². The second kappa shape index (κ2) is 7.61. The van der Waals surface area contributed by atoms with Gasteiger partial charge in [0.1, 0.15) is 6.04 Å². The van der Waals surface area contributed by atoms with Crippen LogP contribution >= 0.6 is 0 Å². The van der Waals surface area contributed by atoms with Crippen molar-refractivity contribution in [3.63, 3.8) is 0 Å². The zero-order valence-corrected chi connectivity index (χ0v) is 10.3. The monoisotopic (exact) mass is 245 g/mol. The number of urea groups is 1.